The van der Waals surface area contributed by atoms with Gasteiger partial charge in [-0.05, 0) is 42.8 Å². The highest BCUT2D eigenvalue weighted by molar-refractivity contribution is 7.21. The molecule has 6 nitrogen and oxygen atoms in total. The summed E-state index contributed by atoms with van der Waals surface area (Å²) < 4.78 is 11.0. The monoisotopic (exact) mass is 529 g/mol. The fourth-order valence-corrected chi connectivity index (χ4v) is 5.39. The highest BCUT2D eigenvalue weighted by Gasteiger charge is 2.23. The van der Waals surface area contributed by atoms with Gasteiger partial charge in [-0.15, -0.1) is 11.3 Å². The van der Waals surface area contributed by atoms with Gasteiger partial charge in [-0.3, -0.25) is 4.79 Å². The van der Waals surface area contributed by atoms with Crippen molar-refractivity contribution >= 4 is 50.4 Å². The first-order valence-electron chi connectivity index (χ1n) is 11.5. The lowest BCUT2D eigenvalue weighted by molar-refractivity contribution is 0.103. The van der Waals surface area contributed by atoms with Gasteiger partial charge in [0.2, 0.25) is 0 Å². The molecule has 0 unspecified atom stereocenters. The number of anilines is 2. The Bertz CT molecular complexity index is 1630. The highest BCUT2D eigenvalue weighted by atomic mass is 35.5. The number of methoxy groups -OCH3 is 2. The van der Waals surface area contributed by atoms with Crippen molar-refractivity contribution in [1.29, 1.82) is 0 Å². The number of aryl methyl sites for hydroxylation is 1. The van der Waals surface area contributed by atoms with Crippen molar-refractivity contribution in [2.24, 2.45) is 0 Å². The number of carbonyl (C=O) groups excluding carboxylic acids is 1. The van der Waals surface area contributed by atoms with Crippen LogP contribution in [0.5, 0.6) is 11.5 Å². The summed E-state index contributed by atoms with van der Waals surface area (Å²) in [6.45, 7) is 2.04. The normalized spacial score (nSPS) is 10.9. The highest BCUT2D eigenvalue weighted by Crippen LogP contribution is 2.44. The van der Waals surface area contributed by atoms with Crippen molar-refractivity contribution in [2.45, 2.75) is 6.92 Å². The van der Waals surface area contributed by atoms with E-state index in [0.717, 1.165) is 27.9 Å². The number of hydrogen-bond donors (Lipinski definition) is 2. The molecule has 5 rings (SSSR count). The molecule has 0 fully saturated rings. The van der Waals surface area contributed by atoms with E-state index in [-0.39, 0.29) is 5.91 Å². The van der Waals surface area contributed by atoms with E-state index in [0.29, 0.717) is 43.0 Å². The minimum Gasteiger partial charge on any atom is -0.496 e. The number of nitrogen functional groups attached to an aromatic ring is 1. The largest absolute Gasteiger partial charge is 0.496 e. The van der Waals surface area contributed by atoms with Crippen molar-refractivity contribution in [1.82, 2.24) is 4.98 Å². The van der Waals surface area contributed by atoms with Crippen LogP contribution in [0.3, 0.4) is 0 Å². The van der Waals surface area contributed by atoms with Gasteiger partial charge < -0.3 is 20.5 Å². The van der Waals surface area contributed by atoms with Gasteiger partial charge in [-0.2, -0.15) is 0 Å². The zero-order valence-electron chi connectivity index (χ0n) is 20.5. The van der Waals surface area contributed by atoms with Gasteiger partial charge in [0.1, 0.15) is 21.2 Å². The van der Waals surface area contributed by atoms with Crippen molar-refractivity contribution in [3.05, 3.63) is 88.3 Å². The first kappa shape index (κ1) is 24.6. The van der Waals surface area contributed by atoms with Gasteiger partial charge in [-0.25, -0.2) is 4.98 Å². The standard InChI is InChI=1S/C29H24ClN3O3S/c1-16-8-10-17(11-9-16)21-15-20(19-6-4-5-7-23(19)35-2)25-26(31)27(37-29(25)33-21)28(34)32-22-14-18(30)12-13-24(22)36-3/h4-15H,31H2,1-3H3,(H,32,34). The van der Waals surface area contributed by atoms with Crippen molar-refractivity contribution in [2.75, 3.05) is 25.3 Å². The van der Waals surface area contributed by atoms with E-state index in [2.05, 4.69) is 5.32 Å². The summed E-state index contributed by atoms with van der Waals surface area (Å²) in [6, 6.07) is 22.9. The van der Waals surface area contributed by atoms with Crippen LogP contribution in [0.2, 0.25) is 5.02 Å². The van der Waals surface area contributed by atoms with E-state index in [1.54, 1.807) is 25.3 Å². The fourth-order valence-electron chi connectivity index (χ4n) is 4.20. The molecule has 8 heteroatoms. The first-order chi connectivity index (χ1) is 17.9. The second-order valence-electron chi connectivity index (χ2n) is 8.45. The Labute approximate surface area is 223 Å². The molecule has 2 aromatic heterocycles. The van der Waals surface area contributed by atoms with Crippen molar-refractivity contribution in [3.8, 4) is 33.9 Å². The number of para-hydroxylation sites is 1. The lowest BCUT2D eigenvalue weighted by Crippen LogP contribution is -2.12. The third kappa shape index (κ3) is 4.71. The third-order valence-corrected chi connectivity index (χ3v) is 7.39. The topological polar surface area (TPSA) is 86.5 Å². The van der Waals surface area contributed by atoms with E-state index < -0.39 is 0 Å². The summed E-state index contributed by atoms with van der Waals surface area (Å²) in [5.41, 5.74) is 12.0. The Hall–Kier alpha value is -4.07. The summed E-state index contributed by atoms with van der Waals surface area (Å²) >= 11 is 7.39. The van der Waals surface area contributed by atoms with Crippen LogP contribution in [0, 0.1) is 6.92 Å². The number of hydrogen-bond acceptors (Lipinski definition) is 6. The minimum absolute atomic E-state index is 0.349. The number of nitrogens with two attached hydrogens (primary N) is 1. The maximum atomic E-state index is 13.4. The molecule has 186 valence electrons. The zero-order valence-corrected chi connectivity index (χ0v) is 22.0. The Morgan fingerprint density at radius 3 is 2.41 bits per heavy atom. The van der Waals surface area contributed by atoms with Gasteiger partial charge in [0.15, 0.2) is 0 Å². The zero-order chi connectivity index (χ0) is 26.1. The van der Waals surface area contributed by atoms with Crippen LogP contribution in [-0.2, 0) is 0 Å². The molecule has 2 heterocycles. The summed E-state index contributed by atoms with van der Waals surface area (Å²) in [6.07, 6.45) is 0. The van der Waals surface area contributed by atoms with Crippen LogP contribution < -0.4 is 20.5 Å². The smallest absolute Gasteiger partial charge is 0.268 e. The molecule has 0 radical (unpaired) electrons. The third-order valence-electron chi connectivity index (χ3n) is 6.06. The average molecular weight is 530 g/mol. The molecule has 37 heavy (non-hydrogen) atoms. The predicted octanol–water partition coefficient (Wildman–Crippen LogP) is 7.44. The second-order valence-corrected chi connectivity index (χ2v) is 9.88. The molecule has 3 N–H and O–H groups in total. The van der Waals surface area contributed by atoms with Crippen LogP contribution in [0.25, 0.3) is 32.6 Å². The number of thiophene rings is 1. The number of nitrogens with zero attached hydrogens (tertiary/aromatic N) is 1. The van der Waals surface area contributed by atoms with Crippen LogP contribution in [0.4, 0.5) is 11.4 Å². The molecule has 0 bridgehead atoms. The summed E-state index contributed by atoms with van der Waals surface area (Å²) in [5, 5.41) is 4.06. The molecule has 0 aliphatic rings. The van der Waals surface area contributed by atoms with Gasteiger partial charge in [0.25, 0.3) is 5.91 Å². The van der Waals surface area contributed by atoms with Crippen LogP contribution in [0.1, 0.15) is 15.2 Å². The lowest BCUT2D eigenvalue weighted by Gasteiger charge is -2.12. The van der Waals surface area contributed by atoms with Gasteiger partial charge in [0, 0.05) is 21.5 Å². The number of amides is 1. The number of rotatable bonds is 6. The summed E-state index contributed by atoms with van der Waals surface area (Å²) in [5.74, 6) is 0.820. The quantitative estimate of drug-likeness (QED) is 0.238. The molecular formula is C29H24ClN3O3S. The van der Waals surface area contributed by atoms with Crippen LogP contribution in [-0.4, -0.2) is 25.1 Å². The van der Waals surface area contributed by atoms with E-state index >= 15 is 0 Å². The molecule has 0 saturated carbocycles. The molecule has 0 spiro atoms. The summed E-state index contributed by atoms with van der Waals surface area (Å²) in [7, 11) is 3.16. The van der Waals surface area contributed by atoms with E-state index in [1.165, 1.54) is 18.4 Å². The Morgan fingerprint density at radius 2 is 1.68 bits per heavy atom. The maximum Gasteiger partial charge on any atom is 0.268 e. The number of pyridine rings is 1. The number of halogens is 1. The SMILES string of the molecule is COc1ccc(Cl)cc1NC(=O)c1sc2nc(-c3ccc(C)cc3)cc(-c3ccccc3OC)c2c1N. The second kappa shape index (κ2) is 10.1. The molecule has 0 aliphatic heterocycles. The maximum absolute atomic E-state index is 13.4. The summed E-state index contributed by atoms with van der Waals surface area (Å²) in [4.78, 5) is 19.3. The molecule has 0 aliphatic carbocycles. The first-order valence-corrected chi connectivity index (χ1v) is 12.7. The predicted molar refractivity (Wildman–Crippen MR) is 152 cm³/mol. The molecule has 0 atom stereocenters. The van der Waals surface area contributed by atoms with Crippen LogP contribution >= 0.6 is 22.9 Å². The number of aromatic nitrogens is 1. The van der Waals surface area contributed by atoms with Gasteiger partial charge in [0.05, 0.1) is 31.3 Å². The molecule has 0 saturated heterocycles. The van der Waals surface area contributed by atoms with E-state index in [9.17, 15) is 4.79 Å². The Morgan fingerprint density at radius 1 is 0.946 bits per heavy atom. The average Bonchev–Trinajstić information content (AvgIpc) is 3.25. The van der Waals surface area contributed by atoms with E-state index in [1.807, 2.05) is 61.5 Å². The molecule has 3 aromatic carbocycles. The Balaban J connectivity index is 1.69. The fraction of sp³-hybridized carbons (Fsp3) is 0.103. The number of fused-ring (bicyclic) bond motifs is 1. The van der Waals surface area contributed by atoms with E-state index in [4.69, 9.17) is 31.8 Å². The van der Waals surface area contributed by atoms with Crippen molar-refractivity contribution < 1.29 is 14.3 Å². The minimum atomic E-state index is -0.371. The van der Waals surface area contributed by atoms with Crippen molar-refractivity contribution in [3.63, 3.8) is 0 Å². The van der Waals surface area contributed by atoms with Crippen LogP contribution in [0.15, 0.2) is 72.8 Å². The lowest BCUT2D eigenvalue weighted by atomic mass is 9.98. The van der Waals surface area contributed by atoms with Gasteiger partial charge >= 0.3 is 0 Å². The Kier molecular flexibility index (Phi) is 6.74. The van der Waals surface area contributed by atoms with Gasteiger partial charge in [-0.1, -0.05) is 59.6 Å². The number of ether oxygens (including phenoxy) is 2. The molecule has 1 amide bonds. The number of nitrogens with one attached hydrogen (secondary N) is 1. The molecule has 5 aromatic rings. The number of benzene rings is 3. The molecular weight excluding hydrogens is 506 g/mol. The number of carbonyl (C=O) groups is 1.